The topological polar surface area (TPSA) is 49.4 Å². The van der Waals surface area contributed by atoms with E-state index in [-0.39, 0.29) is 23.1 Å². The van der Waals surface area contributed by atoms with Crippen molar-refractivity contribution in [1.29, 1.82) is 0 Å². The van der Waals surface area contributed by atoms with Crippen LogP contribution in [0.1, 0.15) is 49.1 Å². The molecule has 146 valence electrons. The molecule has 4 rings (SSSR count). The molecule has 0 bridgehead atoms. The first kappa shape index (κ1) is 19.1. The number of nitrogens with zero attached hydrogens (tertiary/aromatic N) is 1. The van der Waals surface area contributed by atoms with Crippen LogP contribution in [0.4, 0.5) is 11.4 Å². The van der Waals surface area contributed by atoms with Crippen LogP contribution in [0.25, 0.3) is 0 Å². The number of carbonyl (C=O) groups excluding carboxylic acids is 2. The number of hydrogen-bond acceptors (Lipinski definition) is 3. The predicted molar refractivity (Wildman–Crippen MR) is 116 cm³/mol. The second-order valence-corrected chi connectivity index (χ2v) is 8.57. The van der Waals surface area contributed by atoms with E-state index in [1.807, 2.05) is 47.4 Å². The van der Waals surface area contributed by atoms with Crippen molar-refractivity contribution < 1.29 is 9.59 Å². The number of anilines is 2. The molecule has 2 amide bonds. The number of aryl methyl sites for hydroxylation is 1. The van der Waals surface area contributed by atoms with Crippen LogP contribution in [-0.4, -0.2) is 17.6 Å². The Bertz CT molecular complexity index is 876. The number of nitrogens with one attached hydrogen (secondary N) is 1. The first-order valence-electron chi connectivity index (χ1n) is 10.1. The quantitative estimate of drug-likeness (QED) is 0.762. The third-order valence-corrected chi connectivity index (χ3v) is 6.88. The molecule has 1 saturated carbocycles. The van der Waals surface area contributed by atoms with Gasteiger partial charge in [0.1, 0.15) is 5.37 Å². The number of amides is 2. The van der Waals surface area contributed by atoms with Gasteiger partial charge in [0, 0.05) is 17.3 Å². The van der Waals surface area contributed by atoms with Gasteiger partial charge in [-0.05, 0) is 48.6 Å². The molecule has 5 heteroatoms. The maximum absolute atomic E-state index is 12.7. The van der Waals surface area contributed by atoms with Gasteiger partial charge in [-0.1, -0.05) is 50.1 Å². The Labute approximate surface area is 170 Å². The standard InChI is InChI=1S/C23H26N2O2S/c1-2-16-8-5-6-13-20(16)25-21(26)15-28-23(25)18-11-7-12-19(14-18)24-22(27)17-9-3-4-10-17/h5-8,11-14,17,23H,2-4,9-10,15H2,1H3,(H,24,27). The highest BCUT2D eigenvalue weighted by Gasteiger charge is 2.35. The van der Waals surface area contributed by atoms with Crippen molar-refractivity contribution in [3.63, 3.8) is 0 Å². The number of carbonyl (C=O) groups is 2. The molecule has 1 unspecified atom stereocenters. The first-order valence-corrected chi connectivity index (χ1v) is 11.1. The average molecular weight is 395 g/mol. The Morgan fingerprint density at radius 3 is 2.71 bits per heavy atom. The summed E-state index contributed by atoms with van der Waals surface area (Å²) in [5.41, 5.74) is 4.03. The summed E-state index contributed by atoms with van der Waals surface area (Å²) in [5.74, 6) is 0.870. The number of benzene rings is 2. The van der Waals surface area contributed by atoms with E-state index in [0.717, 1.165) is 49.0 Å². The van der Waals surface area contributed by atoms with Crippen LogP contribution in [0.2, 0.25) is 0 Å². The minimum Gasteiger partial charge on any atom is -0.326 e. The molecule has 1 aliphatic heterocycles. The normalized spacial score (nSPS) is 20.0. The molecule has 28 heavy (non-hydrogen) atoms. The van der Waals surface area contributed by atoms with Gasteiger partial charge in [0.25, 0.3) is 0 Å². The summed E-state index contributed by atoms with van der Waals surface area (Å²) in [6.07, 6.45) is 5.14. The highest BCUT2D eigenvalue weighted by Crippen LogP contribution is 2.43. The number of hydrogen-bond donors (Lipinski definition) is 1. The molecule has 0 radical (unpaired) electrons. The van der Waals surface area contributed by atoms with Gasteiger partial charge in [0.15, 0.2) is 0 Å². The van der Waals surface area contributed by atoms with Crippen molar-refractivity contribution in [2.24, 2.45) is 5.92 Å². The van der Waals surface area contributed by atoms with Gasteiger partial charge in [-0.15, -0.1) is 11.8 Å². The largest absolute Gasteiger partial charge is 0.326 e. The lowest BCUT2D eigenvalue weighted by Crippen LogP contribution is -2.28. The molecular formula is C23H26N2O2S. The van der Waals surface area contributed by atoms with Gasteiger partial charge < -0.3 is 5.32 Å². The maximum atomic E-state index is 12.7. The van der Waals surface area contributed by atoms with Crippen LogP contribution in [0, 0.1) is 5.92 Å². The smallest absolute Gasteiger partial charge is 0.238 e. The summed E-state index contributed by atoms with van der Waals surface area (Å²) < 4.78 is 0. The predicted octanol–water partition coefficient (Wildman–Crippen LogP) is 5.16. The molecule has 1 atom stereocenters. The fourth-order valence-corrected chi connectivity index (χ4v) is 5.34. The third-order valence-electron chi connectivity index (χ3n) is 5.67. The summed E-state index contributed by atoms with van der Waals surface area (Å²) in [6.45, 7) is 2.11. The Balaban J connectivity index is 1.59. The molecule has 2 aromatic rings. The van der Waals surface area contributed by atoms with Crippen molar-refractivity contribution in [3.8, 4) is 0 Å². The van der Waals surface area contributed by atoms with E-state index in [1.165, 1.54) is 5.56 Å². The Hall–Kier alpha value is -2.27. The van der Waals surface area contributed by atoms with E-state index in [4.69, 9.17) is 0 Å². The van der Waals surface area contributed by atoms with E-state index < -0.39 is 0 Å². The van der Waals surface area contributed by atoms with Crippen molar-refractivity contribution >= 4 is 35.0 Å². The van der Waals surface area contributed by atoms with Crippen LogP contribution < -0.4 is 10.2 Å². The molecule has 0 aromatic heterocycles. The Morgan fingerprint density at radius 2 is 1.93 bits per heavy atom. The van der Waals surface area contributed by atoms with Gasteiger partial charge >= 0.3 is 0 Å². The van der Waals surface area contributed by atoms with Gasteiger partial charge in [0.05, 0.1) is 5.75 Å². The van der Waals surface area contributed by atoms with Crippen molar-refractivity contribution in [1.82, 2.24) is 0 Å². The van der Waals surface area contributed by atoms with E-state index in [0.29, 0.717) is 5.75 Å². The summed E-state index contributed by atoms with van der Waals surface area (Å²) in [6, 6.07) is 16.1. The fourth-order valence-electron chi connectivity index (χ4n) is 4.18. The molecule has 4 nitrogen and oxygen atoms in total. The molecular weight excluding hydrogens is 368 g/mol. The average Bonchev–Trinajstić information content (AvgIpc) is 3.38. The van der Waals surface area contributed by atoms with Crippen LogP contribution in [0.15, 0.2) is 48.5 Å². The van der Waals surface area contributed by atoms with E-state index in [2.05, 4.69) is 18.3 Å². The highest BCUT2D eigenvalue weighted by atomic mass is 32.2. The van der Waals surface area contributed by atoms with Crippen LogP contribution in [-0.2, 0) is 16.0 Å². The monoisotopic (exact) mass is 394 g/mol. The molecule has 1 aliphatic carbocycles. The molecule has 1 N–H and O–H groups in total. The molecule has 1 saturated heterocycles. The lowest BCUT2D eigenvalue weighted by molar-refractivity contribution is -0.119. The molecule has 1 heterocycles. The Kier molecular flexibility index (Phi) is 5.72. The van der Waals surface area contributed by atoms with Gasteiger partial charge in [0.2, 0.25) is 11.8 Å². The second kappa shape index (κ2) is 8.39. The first-order chi connectivity index (χ1) is 13.7. The zero-order valence-electron chi connectivity index (χ0n) is 16.2. The van der Waals surface area contributed by atoms with Crippen LogP contribution in [0.3, 0.4) is 0 Å². The van der Waals surface area contributed by atoms with Crippen molar-refractivity contribution in [2.75, 3.05) is 16.0 Å². The summed E-state index contributed by atoms with van der Waals surface area (Å²) in [7, 11) is 0. The summed E-state index contributed by atoms with van der Waals surface area (Å²) >= 11 is 1.64. The molecule has 0 spiro atoms. The molecule has 2 aromatic carbocycles. The zero-order valence-corrected chi connectivity index (χ0v) is 17.0. The third kappa shape index (κ3) is 3.81. The fraction of sp³-hybridized carbons (Fsp3) is 0.391. The van der Waals surface area contributed by atoms with Gasteiger partial charge in [-0.25, -0.2) is 0 Å². The van der Waals surface area contributed by atoms with Crippen LogP contribution in [0.5, 0.6) is 0 Å². The lowest BCUT2D eigenvalue weighted by Gasteiger charge is -2.26. The minimum absolute atomic E-state index is 0.0662. The van der Waals surface area contributed by atoms with Gasteiger partial charge in [-0.2, -0.15) is 0 Å². The minimum atomic E-state index is -0.0662. The molecule has 2 fully saturated rings. The lowest BCUT2D eigenvalue weighted by atomic mass is 10.1. The van der Waals surface area contributed by atoms with E-state index in [1.54, 1.807) is 11.8 Å². The highest BCUT2D eigenvalue weighted by molar-refractivity contribution is 8.00. The number of para-hydroxylation sites is 1. The summed E-state index contributed by atoms with van der Waals surface area (Å²) in [5, 5.41) is 3.02. The number of rotatable bonds is 5. The second-order valence-electron chi connectivity index (χ2n) is 7.51. The van der Waals surface area contributed by atoms with Crippen LogP contribution >= 0.6 is 11.8 Å². The Morgan fingerprint density at radius 1 is 1.14 bits per heavy atom. The summed E-state index contributed by atoms with van der Waals surface area (Å²) in [4.78, 5) is 27.1. The van der Waals surface area contributed by atoms with E-state index >= 15 is 0 Å². The SMILES string of the molecule is CCc1ccccc1N1C(=O)CSC1c1cccc(NC(=O)C2CCCC2)c1. The van der Waals surface area contributed by atoms with Gasteiger partial charge in [-0.3, -0.25) is 14.5 Å². The zero-order chi connectivity index (χ0) is 19.5. The van der Waals surface area contributed by atoms with Crippen molar-refractivity contribution in [2.45, 2.75) is 44.4 Å². The van der Waals surface area contributed by atoms with E-state index in [9.17, 15) is 9.59 Å². The number of thioether (sulfide) groups is 1. The molecule has 2 aliphatic rings. The maximum Gasteiger partial charge on any atom is 0.238 e. The van der Waals surface area contributed by atoms with Crippen molar-refractivity contribution in [3.05, 3.63) is 59.7 Å².